The van der Waals surface area contributed by atoms with Gasteiger partial charge in [-0.2, -0.15) is 15.8 Å². The van der Waals surface area contributed by atoms with Gasteiger partial charge < -0.3 is 4.57 Å². The van der Waals surface area contributed by atoms with Crippen LogP contribution in [0.2, 0.25) is 0 Å². The molecule has 0 aliphatic rings. The second-order valence-electron chi connectivity index (χ2n) is 12.3. The van der Waals surface area contributed by atoms with Gasteiger partial charge in [0.15, 0.2) is 8.07 Å². The molecule has 0 saturated carbocycles. The number of rotatable bonds is 6. The number of hydrogen-bond donors (Lipinski definition) is 0. The Balaban J connectivity index is 1.23. The van der Waals surface area contributed by atoms with Crippen molar-refractivity contribution >= 4 is 50.6 Å². The van der Waals surface area contributed by atoms with Crippen LogP contribution in [0.3, 0.4) is 0 Å². The molecule has 0 bridgehead atoms. The molecule has 0 aliphatic heterocycles. The second-order valence-corrected chi connectivity index (χ2v) is 16.1. The maximum Gasteiger partial charge on any atom is 0.179 e. The first-order valence-corrected chi connectivity index (χ1v) is 18.4. The van der Waals surface area contributed by atoms with Gasteiger partial charge in [0.05, 0.1) is 45.9 Å². The first-order chi connectivity index (χ1) is 24.6. The molecule has 7 aromatic carbocycles. The van der Waals surface area contributed by atoms with Crippen molar-refractivity contribution < 1.29 is 0 Å². The molecular formula is C45H28N4Si. The molecule has 5 heteroatoms. The summed E-state index contributed by atoms with van der Waals surface area (Å²) in [5, 5.41) is 35.6. The smallest absolute Gasteiger partial charge is 0.179 e. The van der Waals surface area contributed by atoms with Crippen molar-refractivity contribution in [2.45, 2.75) is 0 Å². The van der Waals surface area contributed by atoms with E-state index in [4.69, 9.17) is 0 Å². The molecular weight excluding hydrogens is 625 g/mol. The molecule has 8 aromatic rings. The Morgan fingerprint density at radius 2 is 0.760 bits per heavy atom. The molecule has 0 radical (unpaired) electrons. The van der Waals surface area contributed by atoms with Gasteiger partial charge in [-0.3, -0.25) is 0 Å². The predicted molar refractivity (Wildman–Crippen MR) is 204 cm³/mol. The minimum atomic E-state index is -2.72. The molecule has 4 nitrogen and oxygen atoms in total. The summed E-state index contributed by atoms with van der Waals surface area (Å²) in [7, 11) is -2.72. The topological polar surface area (TPSA) is 76.3 Å². The minimum Gasteiger partial charge on any atom is -0.309 e. The normalized spacial score (nSPS) is 11.1. The summed E-state index contributed by atoms with van der Waals surface area (Å²) >= 11 is 0. The summed E-state index contributed by atoms with van der Waals surface area (Å²) in [6.07, 6.45) is 0. The standard InChI is InChI=1S/C45H28N4Si/c46-29-32-11-21-40(22-12-32)50(38-7-3-1-4-8-38,39-9-5-2-6-10-39)41-23-17-36(18-24-41)35-15-19-37(20-16-35)49-44-25-13-33(30-47)27-42(44)43-28-34(31-48)14-26-45(43)49/h1-28H. The predicted octanol–water partition coefficient (Wildman–Crippen LogP) is 7.44. The lowest BCUT2D eigenvalue weighted by atomic mass is 10.1. The van der Waals surface area contributed by atoms with Crippen molar-refractivity contribution in [3.63, 3.8) is 0 Å². The average molecular weight is 653 g/mol. The van der Waals surface area contributed by atoms with Gasteiger partial charge in [-0.25, -0.2) is 0 Å². The van der Waals surface area contributed by atoms with E-state index in [-0.39, 0.29) is 0 Å². The van der Waals surface area contributed by atoms with E-state index in [1.54, 1.807) is 0 Å². The van der Waals surface area contributed by atoms with E-state index in [0.29, 0.717) is 16.7 Å². The molecule has 0 amide bonds. The summed E-state index contributed by atoms with van der Waals surface area (Å²) in [6, 6.07) is 65.4. The monoisotopic (exact) mass is 652 g/mol. The molecule has 1 aromatic heterocycles. The van der Waals surface area contributed by atoms with Crippen LogP contribution < -0.4 is 20.7 Å². The molecule has 0 fully saturated rings. The van der Waals surface area contributed by atoms with Crippen molar-refractivity contribution in [1.82, 2.24) is 4.57 Å². The first kappa shape index (κ1) is 30.4. The Bertz CT molecular complexity index is 2530. The van der Waals surface area contributed by atoms with Crippen LogP contribution in [-0.2, 0) is 0 Å². The van der Waals surface area contributed by atoms with Crippen LogP contribution >= 0.6 is 0 Å². The highest BCUT2D eigenvalue weighted by molar-refractivity contribution is 7.19. The molecule has 50 heavy (non-hydrogen) atoms. The molecule has 0 N–H and O–H groups in total. The fourth-order valence-corrected chi connectivity index (χ4v) is 12.0. The fraction of sp³-hybridized carbons (Fsp3) is 0. The molecule has 0 atom stereocenters. The van der Waals surface area contributed by atoms with E-state index in [1.807, 2.05) is 48.5 Å². The highest BCUT2D eigenvalue weighted by Crippen LogP contribution is 2.34. The van der Waals surface area contributed by atoms with Crippen molar-refractivity contribution in [1.29, 1.82) is 15.8 Å². The Hall–Kier alpha value is -6.97. The summed E-state index contributed by atoms with van der Waals surface area (Å²) in [4.78, 5) is 0. The third-order valence-electron chi connectivity index (χ3n) is 9.66. The van der Waals surface area contributed by atoms with Crippen LogP contribution in [0.25, 0.3) is 38.6 Å². The van der Waals surface area contributed by atoms with Gasteiger partial charge in [0.1, 0.15) is 0 Å². The number of nitriles is 3. The van der Waals surface area contributed by atoms with Gasteiger partial charge in [0, 0.05) is 16.5 Å². The van der Waals surface area contributed by atoms with Gasteiger partial charge in [-0.1, -0.05) is 109 Å². The Labute approximate surface area is 291 Å². The van der Waals surface area contributed by atoms with Gasteiger partial charge in [0.2, 0.25) is 0 Å². The first-order valence-electron chi connectivity index (χ1n) is 16.4. The van der Waals surface area contributed by atoms with Gasteiger partial charge in [-0.05, 0) is 92.5 Å². The number of benzene rings is 7. The third kappa shape index (κ3) is 4.97. The van der Waals surface area contributed by atoms with E-state index in [9.17, 15) is 15.8 Å². The minimum absolute atomic E-state index is 0.587. The summed E-state index contributed by atoms with van der Waals surface area (Å²) in [5.74, 6) is 0. The Morgan fingerprint density at radius 3 is 1.20 bits per heavy atom. The quantitative estimate of drug-likeness (QED) is 0.138. The van der Waals surface area contributed by atoms with E-state index < -0.39 is 8.07 Å². The zero-order valence-electron chi connectivity index (χ0n) is 27.0. The number of aromatic nitrogens is 1. The maximum atomic E-state index is 9.57. The number of fused-ring (bicyclic) bond motifs is 3. The second kappa shape index (κ2) is 12.6. The highest BCUT2D eigenvalue weighted by Gasteiger charge is 2.41. The zero-order valence-corrected chi connectivity index (χ0v) is 28.0. The molecule has 0 aliphatic carbocycles. The van der Waals surface area contributed by atoms with Crippen LogP contribution in [0.4, 0.5) is 0 Å². The highest BCUT2D eigenvalue weighted by atomic mass is 28.3. The summed E-state index contributed by atoms with van der Waals surface area (Å²) < 4.78 is 2.19. The van der Waals surface area contributed by atoms with Crippen molar-refractivity contribution in [3.8, 4) is 35.0 Å². The largest absolute Gasteiger partial charge is 0.309 e. The van der Waals surface area contributed by atoms with Gasteiger partial charge in [-0.15, -0.1) is 0 Å². The van der Waals surface area contributed by atoms with Crippen LogP contribution in [-0.4, -0.2) is 12.6 Å². The lowest BCUT2D eigenvalue weighted by molar-refractivity contribution is 1.18. The molecule has 0 spiro atoms. The lowest BCUT2D eigenvalue weighted by Gasteiger charge is -2.34. The molecule has 0 unspecified atom stereocenters. The van der Waals surface area contributed by atoms with E-state index >= 15 is 0 Å². The van der Waals surface area contributed by atoms with Crippen molar-refractivity contribution in [3.05, 3.63) is 187 Å². The molecule has 232 valence electrons. The van der Waals surface area contributed by atoms with Crippen molar-refractivity contribution in [2.75, 3.05) is 0 Å². The zero-order chi connectivity index (χ0) is 34.1. The third-order valence-corrected chi connectivity index (χ3v) is 14.5. The molecule has 0 saturated heterocycles. The van der Waals surface area contributed by atoms with Crippen LogP contribution in [0.15, 0.2) is 170 Å². The van der Waals surface area contributed by atoms with Crippen LogP contribution in [0.1, 0.15) is 16.7 Å². The van der Waals surface area contributed by atoms with E-state index in [0.717, 1.165) is 38.6 Å². The summed E-state index contributed by atoms with van der Waals surface area (Å²) in [6.45, 7) is 0. The number of nitrogens with zero attached hydrogens (tertiary/aromatic N) is 4. The molecule has 8 rings (SSSR count). The SMILES string of the molecule is N#Cc1ccc([Si](c2ccccc2)(c2ccccc2)c2ccc(-c3ccc(-n4c5ccc(C#N)cc5c5cc(C#N)ccc54)cc3)cc2)cc1. The molecule has 1 heterocycles. The van der Waals surface area contributed by atoms with Crippen LogP contribution in [0.5, 0.6) is 0 Å². The van der Waals surface area contributed by atoms with Crippen LogP contribution in [0, 0.1) is 34.0 Å². The lowest BCUT2D eigenvalue weighted by Crippen LogP contribution is -2.74. The Morgan fingerprint density at radius 1 is 0.380 bits per heavy atom. The number of hydrogen-bond acceptors (Lipinski definition) is 3. The maximum absolute atomic E-state index is 9.57. The fourth-order valence-electron chi connectivity index (χ4n) is 7.33. The van der Waals surface area contributed by atoms with Crippen molar-refractivity contribution in [2.24, 2.45) is 0 Å². The average Bonchev–Trinajstić information content (AvgIpc) is 3.52. The summed E-state index contributed by atoms with van der Waals surface area (Å²) in [5.41, 5.74) is 7.01. The van der Waals surface area contributed by atoms with Gasteiger partial charge in [0.25, 0.3) is 0 Å². The van der Waals surface area contributed by atoms with Gasteiger partial charge >= 0.3 is 0 Å². The Kier molecular flexibility index (Phi) is 7.63. The van der Waals surface area contributed by atoms with E-state index in [2.05, 4.69) is 144 Å². The van der Waals surface area contributed by atoms with E-state index in [1.165, 1.54) is 20.7 Å².